The van der Waals surface area contributed by atoms with Crippen molar-refractivity contribution in [1.29, 1.82) is 0 Å². The molecule has 18 heavy (non-hydrogen) atoms. The molecule has 2 aromatic rings. The first-order chi connectivity index (χ1) is 8.74. The SMILES string of the molecule is CNc1ccc(C(=O)c2ccc(CS)cc2)cc1. The van der Waals surface area contributed by atoms with E-state index >= 15 is 0 Å². The van der Waals surface area contributed by atoms with Gasteiger partial charge in [0.1, 0.15) is 0 Å². The van der Waals surface area contributed by atoms with E-state index in [1.165, 1.54) is 0 Å². The topological polar surface area (TPSA) is 29.1 Å². The number of anilines is 1. The van der Waals surface area contributed by atoms with Crippen molar-refractivity contribution in [3.05, 3.63) is 65.2 Å². The van der Waals surface area contributed by atoms with Crippen molar-refractivity contribution in [2.75, 3.05) is 12.4 Å². The van der Waals surface area contributed by atoms with Gasteiger partial charge in [0, 0.05) is 29.6 Å². The molecule has 1 N–H and O–H groups in total. The number of thiol groups is 1. The molecular weight excluding hydrogens is 242 g/mol. The third-order valence-electron chi connectivity index (χ3n) is 2.83. The Balaban J connectivity index is 2.23. The Kier molecular flexibility index (Phi) is 4.05. The van der Waals surface area contributed by atoms with Crippen LogP contribution in [0.4, 0.5) is 5.69 Å². The van der Waals surface area contributed by atoms with Gasteiger partial charge in [0.05, 0.1) is 0 Å². The van der Waals surface area contributed by atoms with Crippen molar-refractivity contribution in [1.82, 2.24) is 0 Å². The van der Waals surface area contributed by atoms with Gasteiger partial charge < -0.3 is 5.32 Å². The van der Waals surface area contributed by atoms with Crippen LogP contribution in [0.25, 0.3) is 0 Å². The van der Waals surface area contributed by atoms with Gasteiger partial charge in [0.2, 0.25) is 0 Å². The highest BCUT2D eigenvalue weighted by atomic mass is 32.1. The number of carbonyl (C=O) groups is 1. The number of nitrogens with one attached hydrogen (secondary N) is 1. The summed E-state index contributed by atoms with van der Waals surface area (Å²) in [5.41, 5.74) is 3.52. The Hall–Kier alpha value is -1.74. The van der Waals surface area contributed by atoms with E-state index in [1.54, 1.807) is 0 Å². The summed E-state index contributed by atoms with van der Waals surface area (Å²) in [6, 6.07) is 15.0. The number of benzene rings is 2. The number of rotatable bonds is 4. The molecule has 0 spiro atoms. The second-order valence-electron chi connectivity index (χ2n) is 4.01. The van der Waals surface area contributed by atoms with Gasteiger partial charge in [0.25, 0.3) is 0 Å². The Bertz CT molecular complexity index is 482. The van der Waals surface area contributed by atoms with Crippen LogP contribution in [0.1, 0.15) is 21.5 Å². The molecule has 0 aromatic heterocycles. The summed E-state index contributed by atoms with van der Waals surface area (Å²) in [6.45, 7) is 0. The lowest BCUT2D eigenvalue weighted by molar-refractivity contribution is 0.103. The largest absolute Gasteiger partial charge is 0.388 e. The maximum Gasteiger partial charge on any atom is 0.193 e. The summed E-state index contributed by atoms with van der Waals surface area (Å²) >= 11 is 4.20. The third-order valence-corrected chi connectivity index (χ3v) is 3.20. The average molecular weight is 257 g/mol. The van der Waals surface area contributed by atoms with Crippen molar-refractivity contribution >= 4 is 24.1 Å². The van der Waals surface area contributed by atoms with Crippen LogP contribution in [-0.4, -0.2) is 12.8 Å². The van der Waals surface area contributed by atoms with Crippen LogP contribution in [0.5, 0.6) is 0 Å². The van der Waals surface area contributed by atoms with Crippen molar-refractivity contribution < 1.29 is 4.79 Å². The van der Waals surface area contributed by atoms with E-state index < -0.39 is 0 Å². The van der Waals surface area contributed by atoms with Crippen LogP contribution in [0.2, 0.25) is 0 Å². The number of hydrogen-bond donors (Lipinski definition) is 2. The summed E-state index contributed by atoms with van der Waals surface area (Å²) in [7, 11) is 1.85. The highest BCUT2D eigenvalue weighted by Gasteiger charge is 2.08. The highest BCUT2D eigenvalue weighted by molar-refractivity contribution is 7.79. The van der Waals surface area contributed by atoms with Gasteiger partial charge in [-0.05, 0) is 29.8 Å². The van der Waals surface area contributed by atoms with Gasteiger partial charge in [0.15, 0.2) is 5.78 Å². The lowest BCUT2D eigenvalue weighted by Gasteiger charge is -2.04. The molecule has 0 saturated carbocycles. The molecule has 0 aliphatic heterocycles. The van der Waals surface area contributed by atoms with Crippen molar-refractivity contribution in [2.24, 2.45) is 0 Å². The van der Waals surface area contributed by atoms with Crippen molar-refractivity contribution in [2.45, 2.75) is 5.75 Å². The predicted molar refractivity (Wildman–Crippen MR) is 78.6 cm³/mol. The maximum atomic E-state index is 12.2. The van der Waals surface area contributed by atoms with Gasteiger partial charge in [-0.3, -0.25) is 4.79 Å². The lowest BCUT2D eigenvalue weighted by atomic mass is 10.0. The standard InChI is InChI=1S/C15H15NOS/c1-16-14-8-6-13(7-9-14)15(17)12-4-2-11(10-18)3-5-12/h2-9,16,18H,10H2,1H3. The zero-order valence-corrected chi connectivity index (χ0v) is 11.1. The van der Waals surface area contributed by atoms with Crippen LogP contribution >= 0.6 is 12.6 Å². The fraction of sp³-hybridized carbons (Fsp3) is 0.133. The molecule has 92 valence electrons. The van der Waals surface area contributed by atoms with Crippen LogP contribution in [0, 0.1) is 0 Å². The molecule has 2 nitrogen and oxygen atoms in total. The number of carbonyl (C=O) groups excluding carboxylic acids is 1. The Morgan fingerprint density at radius 3 is 1.94 bits per heavy atom. The minimum absolute atomic E-state index is 0.0448. The molecule has 2 aromatic carbocycles. The first-order valence-corrected chi connectivity index (χ1v) is 6.40. The molecular formula is C15H15NOS. The number of hydrogen-bond acceptors (Lipinski definition) is 3. The summed E-state index contributed by atoms with van der Waals surface area (Å²) in [5, 5.41) is 3.03. The normalized spacial score (nSPS) is 10.1. The first kappa shape index (κ1) is 12.7. The Morgan fingerprint density at radius 1 is 1.00 bits per heavy atom. The van der Waals surface area contributed by atoms with Crippen LogP contribution < -0.4 is 5.32 Å². The summed E-state index contributed by atoms with van der Waals surface area (Å²) < 4.78 is 0. The van der Waals surface area contributed by atoms with Gasteiger partial charge in [-0.25, -0.2) is 0 Å². The maximum absolute atomic E-state index is 12.2. The molecule has 0 aliphatic rings. The molecule has 0 radical (unpaired) electrons. The molecule has 0 aliphatic carbocycles. The van der Waals surface area contributed by atoms with E-state index in [9.17, 15) is 4.79 Å². The summed E-state index contributed by atoms with van der Waals surface area (Å²) in [6.07, 6.45) is 0. The quantitative estimate of drug-likeness (QED) is 0.649. The van der Waals surface area contributed by atoms with Crippen molar-refractivity contribution in [3.63, 3.8) is 0 Å². The van der Waals surface area contributed by atoms with Gasteiger partial charge >= 0.3 is 0 Å². The minimum atomic E-state index is 0.0448. The molecule has 0 saturated heterocycles. The molecule has 0 unspecified atom stereocenters. The number of ketones is 1. The summed E-state index contributed by atoms with van der Waals surface area (Å²) in [5.74, 6) is 0.731. The van der Waals surface area contributed by atoms with Gasteiger partial charge in [-0.1, -0.05) is 24.3 Å². The van der Waals surface area contributed by atoms with Gasteiger partial charge in [-0.2, -0.15) is 12.6 Å². The predicted octanol–water partition coefficient (Wildman–Crippen LogP) is 3.39. The minimum Gasteiger partial charge on any atom is -0.388 e. The second-order valence-corrected chi connectivity index (χ2v) is 4.33. The molecule has 0 amide bonds. The zero-order chi connectivity index (χ0) is 13.0. The zero-order valence-electron chi connectivity index (χ0n) is 10.2. The fourth-order valence-electron chi connectivity index (χ4n) is 1.72. The van der Waals surface area contributed by atoms with E-state index in [0.717, 1.165) is 11.3 Å². The van der Waals surface area contributed by atoms with E-state index in [4.69, 9.17) is 0 Å². The monoisotopic (exact) mass is 257 g/mol. The fourth-order valence-corrected chi connectivity index (χ4v) is 1.93. The molecule has 0 bridgehead atoms. The molecule has 3 heteroatoms. The first-order valence-electron chi connectivity index (χ1n) is 5.77. The molecule has 0 atom stereocenters. The van der Waals surface area contributed by atoms with E-state index in [1.807, 2.05) is 55.6 Å². The third kappa shape index (κ3) is 2.74. The van der Waals surface area contributed by atoms with Crippen LogP contribution in [0.3, 0.4) is 0 Å². The lowest BCUT2D eigenvalue weighted by Crippen LogP contribution is -2.01. The highest BCUT2D eigenvalue weighted by Crippen LogP contribution is 2.14. The average Bonchev–Trinajstić information content (AvgIpc) is 2.47. The van der Waals surface area contributed by atoms with Gasteiger partial charge in [-0.15, -0.1) is 0 Å². The molecule has 0 heterocycles. The second kappa shape index (κ2) is 5.74. The summed E-state index contributed by atoms with van der Waals surface area (Å²) in [4.78, 5) is 12.2. The van der Waals surface area contributed by atoms with Crippen LogP contribution in [0.15, 0.2) is 48.5 Å². The Morgan fingerprint density at radius 2 is 1.50 bits per heavy atom. The Labute approximate surface area is 112 Å². The molecule has 2 rings (SSSR count). The van der Waals surface area contributed by atoms with Crippen molar-refractivity contribution in [3.8, 4) is 0 Å². The smallest absolute Gasteiger partial charge is 0.193 e. The van der Waals surface area contributed by atoms with E-state index in [-0.39, 0.29) is 5.78 Å². The van der Waals surface area contributed by atoms with E-state index in [0.29, 0.717) is 16.9 Å². The molecule has 0 fully saturated rings. The van der Waals surface area contributed by atoms with Crippen LogP contribution in [-0.2, 0) is 5.75 Å². The van der Waals surface area contributed by atoms with E-state index in [2.05, 4.69) is 17.9 Å².